The van der Waals surface area contributed by atoms with Gasteiger partial charge in [0.1, 0.15) is 18.1 Å². The number of Topliss-reactive ketones (excluding diaryl/α,β-unsaturated/α-hetero) is 1. The number of nitro benzene ring substituents is 1. The second-order valence-electron chi connectivity index (χ2n) is 10.4. The van der Waals surface area contributed by atoms with E-state index in [1.165, 1.54) is 30.0 Å². The maximum Gasteiger partial charge on any atom is 0.301 e. The topological polar surface area (TPSA) is 136 Å². The zero-order chi connectivity index (χ0) is 32.2. The number of ketones is 1. The molecule has 1 aromatic heterocycles. The van der Waals surface area contributed by atoms with Gasteiger partial charge in [0.25, 0.3) is 11.5 Å². The summed E-state index contributed by atoms with van der Waals surface area (Å²) >= 11 is 2.55. The van der Waals surface area contributed by atoms with Gasteiger partial charge in [-0.2, -0.15) is 0 Å². The first-order valence-corrected chi connectivity index (χ1v) is 15.9. The molecule has 1 fully saturated rings. The Bertz CT molecular complexity index is 1960. The molecule has 1 unspecified atom stereocenters. The highest BCUT2D eigenvalue weighted by atomic mass is 32.2. The molecular formula is C34H26N4O6S2. The van der Waals surface area contributed by atoms with Crippen molar-refractivity contribution in [3.63, 3.8) is 0 Å². The third-order valence-corrected chi connectivity index (χ3v) is 9.56. The van der Waals surface area contributed by atoms with E-state index in [1.54, 1.807) is 30.3 Å². The predicted molar refractivity (Wildman–Crippen MR) is 176 cm³/mol. The van der Waals surface area contributed by atoms with Gasteiger partial charge in [0, 0.05) is 23.4 Å². The van der Waals surface area contributed by atoms with E-state index in [-0.39, 0.29) is 27.5 Å². The smallest absolute Gasteiger partial charge is 0.301 e. The molecule has 1 aliphatic heterocycles. The lowest BCUT2D eigenvalue weighted by molar-refractivity contribution is -0.384. The molecule has 10 nitrogen and oxygen atoms in total. The molecule has 46 heavy (non-hydrogen) atoms. The number of ether oxygens (including phenoxy) is 1. The van der Waals surface area contributed by atoms with Crippen LogP contribution in [-0.4, -0.2) is 31.9 Å². The number of carbonyl (C=O) groups excluding carboxylic acids is 2. The number of anilines is 1. The number of benzene rings is 4. The summed E-state index contributed by atoms with van der Waals surface area (Å²) in [5.74, 6) is -1.13. The molecule has 4 aromatic carbocycles. The number of nitro groups is 1. The van der Waals surface area contributed by atoms with Crippen LogP contribution in [0.4, 0.5) is 10.8 Å². The SMILES string of the molecule is Cc1ccccc1COc1ccc(/C(O)=C2\C(=O)C(=O)N(c3nnc(SCc4ccccc4)s3)C2c2cccc([N+](=O)[O-])c2)cc1. The average Bonchev–Trinajstić information content (AvgIpc) is 3.65. The van der Waals surface area contributed by atoms with E-state index >= 15 is 0 Å². The van der Waals surface area contributed by atoms with Crippen LogP contribution >= 0.6 is 23.1 Å². The van der Waals surface area contributed by atoms with Crippen molar-refractivity contribution in [3.8, 4) is 5.75 Å². The Morgan fingerprint density at radius 2 is 1.72 bits per heavy atom. The van der Waals surface area contributed by atoms with Gasteiger partial charge in [-0.25, -0.2) is 0 Å². The zero-order valence-corrected chi connectivity index (χ0v) is 26.0. The van der Waals surface area contributed by atoms with E-state index in [2.05, 4.69) is 10.2 Å². The first-order valence-electron chi connectivity index (χ1n) is 14.1. The standard InChI is InChI=1S/C34H26N4O6S2/c1-21-8-5-6-11-25(21)19-44-27-16-14-23(15-17-27)30(39)28-29(24-12-7-13-26(18-24)38(42)43)37(32(41)31(28)40)33-35-36-34(46-33)45-20-22-9-3-2-4-10-22/h2-18,29,39H,19-20H2,1H3/b30-28+. The quantitative estimate of drug-likeness (QED) is 0.0315. The van der Waals surface area contributed by atoms with Gasteiger partial charge in [0.05, 0.1) is 16.5 Å². The lowest BCUT2D eigenvalue weighted by Gasteiger charge is -2.22. The van der Waals surface area contributed by atoms with Gasteiger partial charge in [-0.1, -0.05) is 89.8 Å². The number of aryl methyl sites for hydroxylation is 1. The van der Waals surface area contributed by atoms with Crippen LogP contribution in [0.15, 0.2) is 113 Å². The van der Waals surface area contributed by atoms with Gasteiger partial charge < -0.3 is 9.84 Å². The molecule has 0 spiro atoms. The molecule has 1 N–H and O–H groups in total. The van der Waals surface area contributed by atoms with Gasteiger partial charge in [-0.15, -0.1) is 10.2 Å². The van der Waals surface area contributed by atoms with Crippen molar-refractivity contribution in [2.75, 3.05) is 4.90 Å². The summed E-state index contributed by atoms with van der Waals surface area (Å²) in [5, 5.41) is 31.7. The number of nitrogens with zero attached hydrogens (tertiary/aromatic N) is 4. The summed E-state index contributed by atoms with van der Waals surface area (Å²) in [4.78, 5) is 39.3. The Morgan fingerprint density at radius 3 is 2.46 bits per heavy atom. The van der Waals surface area contributed by atoms with Gasteiger partial charge >= 0.3 is 5.91 Å². The van der Waals surface area contributed by atoms with Gasteiger partial charge in [0.2, 0.25) is 5.13 Å². The van der Waals surface area contributed by atoms with E-state index in [4.69, 9.17) is 4.74 Å². The number of amides is 1. The van der Waals surface area contributed by atoms with Crippen LogP contribution in [0.1, 0.15) is 33.9 Å². The number of aliphatic hydroxyl groups excluding tert-OH is 1. The summed E-state index contributed by atoms with van der Waals surface area (Å²) in [7, 11) is 0. The highest BCUT2D eigenvalue weighted by Crippen LogP contribution is 2.44. The fraction of sp³-hybridized carbons (Fsp3) is 0.118. The van der Waals surface area contributed by atoms with Crippen molar-refractivity contribution >= 4 is 51.4 Å². The molecular weight excluding hydrogens is 625 g/mol. The lowest BCUT2D eigenvalue weighted by atomic mass is 9.95. The Kier molecular flexibility index (Phi) is 8.90. The van der Waals surface area contributed by atoms with Gasteiger partial charge in [-0.3, -0.25) is 24.6 Å². The molecule has 12 heteroatoms. The van der Waals surface area contributed by atoms with E-state index in [9.17, 15) is 24.8 Å². The lowest BCUT2D eigenvalue weighted by Crippen LogP contribution is -2.29. The second kappa shape index (κ2) is 13.3. The molecule has 230 valence electrons. The average molecular weight is 651 g/mol. The van der Waals surface area contributed by atoms with Crippen LogP contribution in [-0.2, 0) is 21.9 Å². The molecule has 5 aromatic rings. The van der Waals surface area contributed by atoms with Gasteiger partial charge in [-0.05, 0) is 53.4 Å². The van der Waals surface area contributed by atoms with Crippen molar-refractivity contribution in [1.29, 1.82) is 0 Å². The van der Waals surface area contributed by atoms with Crippen LogP contribution in [0.2, 0.25) is 0 Å². The highest BCUT2D eigenvalue weighted by Gasteiger charge is 2.48. The number of thioether (sulfide) groups is 1. The monoisotopic (exact) mass is 650 g/mol. The Hall–Kier alpha value is -5.33. The maximum atomic E-state index is 13.6. The molecule has 0 bridgehead atoms. The van der Waals surface area contributed by atoms with Crippen molar-refractivity contribution in [3.05, 3.63) is 147 Å². The maximum absolute atomic E-state index is 13.6. The minimum atomic E-state index is -1.18. The highest BCUT2D eigenvalue weighted by molar-refractivity contribution is 8.00. The van der Waals surface area contributed by atoms with E-state index in [1.807, 2.05) is 61.5 Å². The number of aromatic nitrogens is 2. The first-order chi connectivity index (χ1) is 22.3. The zero-order valence-electron chi connectivity index (χ0n) is 24.4. The predicted octanol–water partition coefficient (Wildman–Crippen LogP) is 7.25. The second-order valence-corrected chi connectivity index (χ2v) is 12.6. The van der Waals surface area contributed by atoms with Crippen molar-refractivity contribution < 1.29 is 24.4 Å². The largest absolute Gasteiger partial charge is 0.507 e. The molecule has 1 aliphatic rings. The number of aliphatic hydroxyl groups is 1. The molecule has 2 heterocycles. The van der Waals surface area contributed by atoms with Crippen LogP contribution < -0.4 is 9.64 Å². The number of rotatable bonds is 10. The Labute approximate surface area is 272 Å². The number of non-ortho nitro benzene ring substituents is 1. The molecule has 1 amide bonds. The molecule has 1 atom stereocenters. The van der Waals surface area contributed by atoms with E-state index < -0.39 is 28.4 Å². The summed E-state index contributed by atoms with van der Waals surface area (Å²) in [6, 6.07) is 28.6. The Morgan fingerprint density at radius 1 is 0.978 bits per heavy atom. The van der Waals surface area contributed by atoms with Crippen molar-refractivity contribution in [2.24, 2.45) is 0 Å². The number of hydrogen-bond acceptors (Lipinski definition) is 10. The third-order valence-electron chi connectivity index (χ3n) is 7.43. The van der Waals surface area contributed by atoms with E-state index in [0.29, 0.717) is 22.4 Å². The van der Waals surface area contributed by atoms with Crippen LogP contribution in [0, 0.1) is 17.0 Å². The van der Waals surface area contributed by atoms with E-state index in [0.717, 1.165) is 32.9 Å². The molecule has 0 radical (unpaired) electrons. The number of hydrogen-bond donors (Lipinski definition) is 1. The summed E-state index contributed by atoms with van der Waals surface area (Å²) < 4.78 is 6.49. The summed E-state index contributed by atoms with van der Waals surface area (Å²) in [5.41, 5.74) is 3.30. The van der Waals surface area contributed by atoms with Crippen LogP contribution in [0.3, 0.4) is 0 Å². The van der Waals surface area contributed by atoms with Crippen molar-refractivity contribution in [2.45, 2.75) is 29.7 Å². The molecule has 0 aliphatic carbocycles. The minimum Gasteiger partial charge on any atom is -0.507 e. The van der Waals surface area contributed by atoms with Crippen LogP contribution in [0.5, 0.6) is 5.75 Å². The van der Waals surface area contributed by atoms with Crippen molar-refractivity contribution in [1.82, 2.24) is 10.2 Å². The first kappa shape index (κ1) is 30.7. The fourth-order valence-electron chi connectivity index (χ4n) is 5.03. The third kappa shape index (κ3) is 6.39. The summed E-state index contributed by atoms with van der Waals surface area (Å²) in [6.45, 7) is 2.35. The minimum absolute atomic E-state index is 0.133. The Balaban J connectivity index is 1.33. The fourth-order valence-corrected chi connectivity index (χ4v) is 6.85. The van der Waals surface area contributed by atoms with Gasteiger partial charge in [0.15, 0.2) is 4.34 Å². The van der Waals surface area contributed by atoms with Crippen LogP contribution in [0.25, 0.3) is 5.76 Å². The summed E-state index contributed by atoms with van der Waals surface area (Å²) in [6.07, 6.45) is 0. The molecule has 0 saturated carbocycles. The molecule has 6 rings (SSSR count). The molecule has 1 saturated heterocycles. The number of carbonyl (C=O) groups is 2. The normalized spacial score (nSPS) is 15.7.